The molecule has 1 aromatic carbocycles. The molecule has 0 saturated heterocycles. The molecule has 15 heavy (non-hydrogen) atoms. The van der Waals surface area contributed by atoms with Gasteiger partial charge >= 0.3 is 6.18 Å². The van der Waals surface area contributed by atoms with Crippen molar-refractivity contribution in [1.82, 2.24) is 0 Å². The summed E-state index contributed by atoms with van der Waals surface area (Å²) < 4.78 is 49.4. The van der Waals surface area contributed by atoms with Gasteiger partial charge in [-0.25, -0.2) is 4.39 Å². The quantitative estimate of drug-likeness (QED) is 0.524. The second-order valence-electron chi connectivity index (χ2n) is 3.27. The fraction of sp³-hybridized carbons (Fsp3) is 0.300. The van der Waals surface area contributed by atoms with E-state index in [-0.39, 0.29) is 5.56 Å². The lowest BCUT2D eigenvalue weighted by Crippen LogP contribution is -2.24. The van der Waals surface area contributed by atoms with Gasteiger partial charge in [0.25, 0.3) is 5.78 Å². The number of benzene rings is 1. The molecule has 0 aliphatic heterocycles. The van der Waals surface area contributed by atoms with Crippen LogP contribution in [-0.4, -0.2) is 12.0 Å². The molecule has 0 aliphatic rings. The maximum atomic E-state index is 13.2. The summed E-state index contributed by atoms with van der Waals surface area (Å²) in [6.07, 6.45) is -5.04. The molecule has 0 N–H and O–H groups in total. The molecule has 1 aromatic rings. The number of hydrogen-bond acceptors (Lipinski definition) is 1. The van der Waals surface area contributed by atoms with E-state index >= 15 is 0 Å². The molecule has 0 radical (unpaired) electrons. The first-order chi connectivity index (χ1) is 6.73. The summed E-state index contributed by atoms with van der Waals surface area (Å²) in [6, 6.07) is 2.28. The number of ketones is 1. The zero-order chi connectivity index (χ0) is 11.8. The van der Waals surface area contributed by atoms with Crippen LogP contribution in [0.25, 0.3) is 0 Å². The minimum absolute atomic E-state index is 0.0302. The Morgan fingerprint density at radius 1 is 1.20 bits per heavy atom. The molecule has 1 rings (SSSR count). The van der Waals surface area contributed by atoms with Crippen molar-refractivity contribution < 1.29 is 22.4 Å². The van der Waals surface area contributed by atoms with Crippen LogP contribution >= 0.6 is 0 Å². The van der Waals surface area contributed by atoms with Crippen LogP contribution in [0, 0.1) is 19.7 Å². The van der Waals surface area contributed by atoms with Gasteiger partial charge in [0.2, 0.25) is 0 Å². The van der Waals surface area contributed by atoms with E-state index in [1.54, 1.807) is 0 Å². The Morgan fingerprint density at radius 2 is 1.73 bits per heavy atom. The van der Waals surface area contributed by atoms with Crippen LogP contribution in [0.5, 0.6) is 0 Å². The summed E-state index contributed by atoms with van der Waals surface area (Å²) in [5.74, 6) is -3.25. The monoisotopic (exact) mass is 220 g/mol. The number of halogens is 4. The van der Waals surface area contributed by atoms with Gasteiger partial charge in [0.15, 0.2) is 0 Å². The molecule has 0 amide bonds. The van der Waals surface area contributed by atoms with E-state index in [4.69, 9.17) is 0 Å². The number of alkyl halides is 3. The first-order valence-corrected chi connectivity index (χ1v) is 4.11. The average molecular weight is 220 g/mol. The molecule has 0 saturated carbocycles. The summed E-state index contributed by atoms with van der Waals surface area (Å²) in [5, 5.41) is 0. The fourth-order valence-corrected chi connectivity index (χ4v) is 1.27. The Labute approximate surface area is 83.7 Å². The van der Waals surface area contributed by atoms with Crippen molar-refractivity contribution in [3.8, 4) is 0 Å². The van der Waals surface area contributed by atoms with E-state index in [1.165, 1.54) is 19.9 Å². The molecular formula is C10H8F4O. The van der Waals surface area contributed by atoms with Gasteiger partial charge in [0, 0.05) is 0 Å². The first kappa shape index (κ1) is 11.7. The summed E-state index contributed by atoms with van der Waals surface area (Å²) in [6.45, 7) is 2.81. The summed E-state index contributed by atoms with van der Waals surface area (Å²) >= 11 is 0. The third kappa shape index (κ3) is 2.34. The SMILES string of the molecule is Cc1cc(C)c(F)c(C(=O)C(F)(F)F)c1. The van der Waals surface area contributed by atoms with E-state index in [0.717, 1.165) is 6.07 Å². The third-order valence-corrected chi connectivity index (χ3v) is 1.90. The van der Waals surface area contributed by atoms with Crippen molar-refractivity contribution in [3.05, 3.63) is 34.6 Å². The van der Waals surface area contributed by atoms with E-state index in [9.17, 15) is 22.4 Å². The lowest BCUT2D eigenvalue weighted by molar-refractivity contribution is -0.0887. The van der Waals surface area contributed by atoms with Gasteiger partial charge in [0.1, 0.15) is 5.82 Å². The molecule has 0 fully saturated rings. The smallest absolute Gasteiger partial charge is 0.284 e. The minimum Gasteiger partial charge on any atom is -0.284 e. The van der Waals surface area contributed by atoms with E-state index < -0.39 is 23.3 Å². The highest BCUT2D eigenvalue weighted by Gasteiger charge is 2.40. The molecule has 0 atom stereocenters. The highest BCUT2D eigenvalue weighted by Crippen LogP contribution is 2.25. The topological polar surface area (TPSA) is 17.1 Å². The Balaban J connectivity index is 3.32. The normalized spacial score (nSPS) is 11.6. The number of carbonyl (C=O) groups excluding carboxylic acids is 1. The predicted octanol–water partition coefficient (Wildman–Crippen LogP) is 3.19. The lowest BCUT2D eigenvalue weighted by atomic mass is 10.0. The van der Waals surface area contributed by atoms with Crippen molar-refractivity contribution in [1.29, 1.82) is 0 Å². The van der Waals surface area contributed by atoms with Gasteiger partial charge in [0.05, 0.1) is 5.56 Å². The molecule has 0 unspecified atom stereocenters. The van der Waals surface area contributed by atoms with Gasteiger partial charge in [-0.1, -0.05) is 6.07 Å². The molecule has 5 heteroatoms. The molecule has 0 heterocycles. The number of hydrogen-bond donors (Lipinski definition) is 0. The Hall–Kier alpha value is -1.39. The molecule has 1 nitrogen and oxygen atoms in total. The lowest BCUT2D eigenvalue weighted by Gasteiger charge is -2.08. The van der Waals surface area contributed by atoms with Crippen LogP contribution in [0.2, 0.25) is 0 Å². The summed E-state index contributed by atoms with van der Waals surface area (Å²) in [5.41, 5.74) is -0.468. The van der Waals surface area contributed by atoms with Gasteiger partial charge < -0.3 is 0 Å². The van der Waals surface area contributed by atoms with Gasteiger partial charge in [-0.15, -0.1) is 0 Å². The van der Waals surface area contributed by atoms with Crippen molar-refractivity contribution in [2.75, 3.05) is 0 Å². The number of rotatable bonds is 1. The number of aryl methyl sites for hydroxylation is 2. The van der Waals surface area contributed by atoms with Crippen LogP contribution in [0.3, 0.4) is 0 Å². The molecular weight excluding hydrogens is 212 g/mol. The van der Waals surface area contributed by atoms with Gasteiger partial charge in [-0.2, -0.15) is 13.2 Å². The number of Topliss-reactive ketones (excluding diaryl/α,β-unsaturated/α-hetero) is 1. The fourth-order valence-electron chi connectivity index (χ4n) is 1.27. The highest BCUT2D eigenvalue weighted by molar-refractivity contribution is 6.00. The van der Waals surface area contributed by atoms with Crippen molar-refractivity contribution >= 4 is 5.78 Å². The van der Waals surface area contributed by atoms with Gasteiger partial charge in [-0.3, -0.25) is 4.79 Å². The standard InChI is InChI=1S/C10H8F4O/c1-5-3-6(2)8(11)7(4-5)9(15)10(12,13)14/h3-4H,1-2H3. The zero-order valence-corrected chi connectivity index (χ0v) is 8.07. The zero-order valence-electron chi connectivity index (χ0n) is 8.07. The summed E-state index contributed by atoms with van der Waals surface area (Å²) in [7, 11) is 0. The summed E-state index contributed by atoms with van der Waals surface area (Å²) in [4.78, 5) is 10.8. The van der Waals surface area contributed by atoms with Crippen LogP contribution in [0.1, 0.15) is 21.5 Å². The largest absolute Gasteiger partial charge is 0.454 e. The van der Waals surface area contributed by atoms with Crippen molar-refractivity contribution in [3.63, 3.8) is 0 Å². The molecule has 82 valence electrons. The van der Waals surface area contributed by atoms with Crippen LogP contribution in [0.15, 0.2) is 12.1 Å². The molecule has 0 bridgehead atoms. The number of carbonyl (C=O) groups is 1. The Morgan fingerprint density at radius 3 is 2.20 bits per heavy atom. The van der Waals surface area contributed by atoms with Crippen LogP contribution in [-0.2, 0) is 0 Å². The highest BCUT2D eigenvalue weighted by atomic mass is 19.4. The maximum Gasteiger partial charge on any atom is 0.454 e. The predicted molar refractivity (Wildman–Crippen MR) is 46.3 cm³/mol. The van der Waals surface area contributed by atoms with Crippen LogP contribution in [0.4, 0.5) is 17.6 Å². The second-order valence-corrected chi connectivity index (χ2v) is 3.27. The maximum absolute atomic E-state index is 13.2. The Bertz CT molecular complexity index is 407. The van der Waals surface area contributed by atoms with Crippen molar-refractivity contribution in [2.24, 2.45) is 0 Å². The van der Waals surface area contributed by atoms with E-state index in [1.807, 2.05) is 0 Å². The third-order valence-electron chi connectivity index (χ3n) is 1.90. The average Bonchev–Trinajstić information content (AvgIpc) is 2.08. The second kappa shape index (κ2) is 3.64. The minimum atomic E-state index is -5.04. The Kier molecular flexibility index (Phi) is 2.83. The van der Waals surface area contributed by atoms with Crippen LogP contribution < -0.4 is 0 Å². The molecule has 0 spiro atoms. The molecule has 0 aliphatic carbocycles. The first-order valence-electron chi connectivity index (χ1n) is 4.11. The van der Waals surface area contributed by atoms with Crippen molar-refractivity contribution in [2.45, 2.75) is 20.0 Å². The van der Waals surface area contributed by atoms with Gasteiger partial charge in [-0.05, 0) is 31.0 Å². The van der Waals surface area contributed by atoms with E-state index in [2.05, 4.69) is 0 Å². The van der Waals surface area contributed by atoms with E-state index in [0.29, 0.717) is 5.56 Å². The molecule has 0 aromatic heterocycles.